The SMILES string of the molecule is CCNC(=O)c1ccc(CNC(=NCc2cc(OC)c(OC)c(OC)c2)NCC)cc1. The Morgan fingerprint density at radius 3 is 1.97 bits per heavy atom. The molecule has 3 N–H and O–H groups in total. The average Bonchev–Trinajstić information content (AvgIpc) is 2.80. The molecule has 168 valence electrons. The van der Waals surface area contributed by atoms with Gasteiger partial charge in [0.15, 0.2) is 17.5 Å². The van der Waals surface area contributed by atoms with Crippen molar-refractivity contribution in [2.45, 2.75) is 26.9 Å². The lowest BCUT2D eigenvalue weighted by molar-refractivity contribution is 0.0956. The molecule has 0 saturated heterocycles. The van der Waals surface area contributed by atoms with Gasteiger partial charge in [-0.2, -0.15) is 0 Å². The predicted molar refractivity (Wildman–Crippen MR) is 122 cm³/mol. The Bertz CT molecular complexity index is 857. The summed E-state index contributed by atoms with van der Waals surface area (Å²) in [5.41, 5.74) is 2.62. The van der Waals surface area contributed by atoms with E-state index in [0.29, 0.717) is 48.4 Å². The number of aliphatic imine (C=N–C) groups is 1. The van der Waals surface area contributed by atoms with Crippen molar-refractivity contribution in [3.8, 4) is 17.2 Å². The smallest absolute Gasteiger partial charge is 0.251 e. The monoisotopic (exact) mass is 428 g/mol. The minimum absolute atomic E-state index is 0.0674. The number of nitrogens with zero attached hydrogens (tertiary/aromatic N) is 1. The summed E-state index contributed by atoms with van der Waals surface area (Å²) in [6, 6.07) is 11.3. The van der Waals surface area contributed by atoms with Gasteiger partial charge in [-0.3, -0.25) is 4.79 Å². The largest absolute Gasteiger partial charge is 0.493 e. The van der Waals surface area contributed by atoms with Gasteiger partial charge in [-0.05, 0) is 49.2 Å². The zero-order chi connectivity index (χ0) is 22.6. The molecule has 0 atom stereocenters. The highest BCUT2D eigenvalue weighted by atomic mass is 16.5. The molecule has 0 aliphatic heterocycles. The summed E-state index contributed by atoms with van der Waals surface area (Å²) in [5, 5.41) is 9.34. The van der Waals surface area contributed by atoms with E-state index in [9.17, 15) is 4.79 Å². The van der Waals surface area contributed by atoms with Crippen molar-refractivity contribution in [1.82, 2.24) is 16.0 Å². The Morgan fingerprint density at radius 2 is 1.45 bits per heavy atom. The van der Waals surface area contributed by atoms with E-state index in [1.807, 2.05) is 50.2 Å². The highest BCUT2D eigenvalue weighted by Crippen LogP contribution is 2.38. The molecule has 1 amide bonds. The lowest BCUT2D eigenvalue weighted by Crippen LogP contribution is -2.36. The van der Waals surface area contributed by atoms with Gasteiger partial charge in [0.05, 0.1) is 27.9 Å². The van der Waals surface area contributed by atoms with Crippen LogP contribution in [0.5, 0.6) is 17.2 Å². The first-order chi connectivity index (χ1) is 15.1. The van der Waals surface area contributed by atoms with Crippen molar-refractivity contribution in [1.29, 1.82) is 0 Å². The van der Waals surface area contributed by atoms with Gasteiger partial charge in [-0.25, -0.2) is 4.99 Å². The molecule has 2 aromatic carbocycles. The van der Waals surface area contributed by atoms with Crippen LogP contribution in [-0.2, 0) is 13.1 Å². The fourth-order valence-electron chi connectivity index (χ4n) is 2.96. The van der Waals surface area contributed by atoms with Gasteiger partial charge in [0.2, 0.25) is 5.75 Å². The summed E-state index contributed by atoms with van der Waals surface area (Å²) in [6.07, 6.45) is 0. The van der Waals surface area contributed by atoms with Gasteiger partial charge in [0.1, 0.15) is 0 Å². The third-order valence-corrected chi connectivity index (χ3v) is 4.50. The van der Waals surface area contributed by atoms with Crippen LogP contribution in [0.25, 0.3) is 0 Å². The molecule has 2 aromatic rings. The topological polar surface area (TPSA) is 93.2 Å². The highest BCUT2D eigenvalue weighted by Gasteiger charge is 2.13. The number of benzene rings is 2. The van der Waals surface area contributed by atoms with Crippen molar-refractivity contribution in [3.63, 3.8) is 0 Å². The van der Waals surface area contributed by atoms with Gasteiger partial charge < -0.3 is 30.2 Å². The number of rotatable bonds is 10. The van der Waals surface area contributed by atoms with E-state index >= 15 is 0 Å². The molecule has 0 aliphatic carbocycles. The summed E-state index contributed by atoms with van der Waals surface area (Å²) >= 11 is 0. The maximum Gasteiger partial charge on any atom is 0.251 e. The van der Waals surface area contributed by atoms with E-state index in [-0.39, 0.29) is 5.91 Å². The summed E-state index contributed by atoms with van der Waals surface area (Å²) in [7, 11) is 4.76. The molecular formula is C23H32N4O4. The number of hydrogen-bond donors (Lipinski definition) is 3. The predicted octanol–water partition coefficient (Wildman–Crippen LogP) is 2.72. The zero-order valence-electron chi connectivity index (χ0n) is 18.9. The molecule has 0 bridgehead atoms. The standard InChI is InChI=1S/C23H32N4O4/c1-6-24-22(28)18-10-8-16(9-11-18)14-26-23(25-7-2)27-15-17-12-19(29-3)21(31-5)20(13-17)30-4/h8-13H,6-7,14-15H2,1-5H3,(H,24,28)(H2,25,26,27). The van der Waals surface area contributed by atoms with Crippen molar-refractivity contribution in [3.05, 3.63) is 53.1 Å². The van der Waals surface area contributed by atoms with Gasteiger partial charge in [-0.15, -0.1) is 0 Å². The molecule has 0 radical (unpaired) electrons. The number of ether oxygens (including phenoxy) is 3. The number of hydrogen-bond acceptors (Lipinski definition) is 5. The second kappa shape index (κ2) is 12.3. The first-order valence-corrected chi connectivity index (χ1v) is 10.2. The third kappa shape index (κ3) is 6.80. The van der Waals surface area contributed by atoms with Gasteiger partial charge in [0, 0.05) is 25.2 Å². The van der Waals surface area contributed by atoms with Crippen molar-refractivity contribution >= 4 is 11.9 Å². The fourth-order valence-corrected chi connectivity index (χ4v) is 2.96. The molecule has 0 heterocycles. The Hall–Kier alpha value is -3.42. The van der Waals surface area contributed by atoms with E-state index in [1.165, 1.54) is 0 Å². The Balaban J connectivity index is 2.08. The van der Waals surface area contributed by atoms with Crippen LogP contribution < -0.4 is 30.2 Å². The van der Waals surface area contributed by atoms with Crippen molar-refractivity contribution < 1.29 is 19.0 Å². The van der Waals surface area contributed by atoms with Crippen LogP contribution in [0.3, 0.4) is 0 Å². The molecule has 8 heteroatoms. The van der Waals surface area contributed by atoms with Crippen molar-refractivity contribution in [2.75, 3.05) is 34.4 Å². The van der Waals surface area contributed by atoms with Crippen molar-refractivity contribution in [2.24, 2.45) is 4.99 Å². The Morgan fingerprint density at radius 1 is 0.839 bits per heavy atom. The van der Waals surface area contributed by atoms with Gasteiger partial charge in [-0.1, -0.05) is 12.1 Å². The fraction of sp³-hybridized carbons (Fsp3) is 0.391. The van der Waals surface area contributed by atoms with Gasteiger partial charge >= 0.3 is 0 Å². The van der Waals surface area contributed by atoms with E-state index in [4.69, 9.17) is 14.2 Å². The highest BCUT2D eigenvalue weighted by molar-refractivity contribution is 5.94. The zero-order valence-corrected chi connectivity index (χ0v) is 18.9. The van der Waals surface area contributed by atoms with Crippen LogP contribution in [0.4, 0.5) is 0 Å². The lowest BCUT2D eigenvalue weighted by atomic mass is 10.1. The number of methoxy groups -OCH3 is 3. The van der Waals surface area contributed by atoms with Crippen LogP contribution in [0.2, 0.25) is 0 Å². The normalized spacial score (nSPS) is 10.9. The second-order valence-corrected chi connectivity index (χ2v) is 6.64. The van der Waals surface area contributed by atoms with Crippen LogP contribution in [0.15, 0.2) is 41.4 Å². The Labute approximate surface area is 184 Å². The van der Waals surface area contributed by atoms with Crippen LogP contribution in [0, 0.1) is 0 Å². The Kier molecular flexibility index (Phi) is 9.48. The molecule has 0 fully saturated rings. The number of guanidine groups is 1. The minimum Gasteiger partial charge on any atom is -0.493 e. The first-order valence-electron chi connectivity index (χ1n) is 10.2. The summed E-state index contributed by atoms with van der Waals surface area (Å²) in [5.74, 6) is 2.36. The summed E-state index contributed by atoms with van der Waals surface area (Å²) in [6.45, 7) is 6.26. The third-order valence-electron chi connectivity index (χ3n) is 4.50. The molecular weight excluding hydrogens is 396 g/mol. The van der Waals surface area contributed by atoms with Crippen LogP contribution >= 0.6 is 0 Å². The molecule has 8 nitrogen and oxygen atoms in total. The number of amides is 1. The molecule has 0 saturated carbocycles. The molecule has 31 heavy (non-hydrogen) atoms. The van der Waals surface area contributed by atoms with E-state index in [1.54, 1.807) is 21.3 Å². The number of nitrogens with one attached hydrogen (secondary N) is 3. The van der Waals surface area contributed by atoms with E-state index in [2.05, 4.69) is 20.9 Å². The number of carbonyl (C=O) groups excluding carboxylic acids is 1. The lowest BCUT2D eigenvalue weighted by Gasteiger charge is -2.14. The van der Waals surface area contributed by atoms with Gasteiger partial charge in [0.25, 0.3) is 5.91 Å². The van der Waals surface area contributed by atoms with Crippen LogP contribution in [-0.4, -0.2) is 46.3 Å². The maximum absolute atomic E-state index is 11.9. The number of carbonyl (C=O) groups is 1. The average molecular weight is 429 g/mol. The summed E-state index contributed by atoms with van der Waals surface area (Å²) in [4.78, 5) is 16.5. The quantitative estimate of drug-likeness (QED) is 0.398. The summed E-state index contributed by atoms with van der Waals surface area (Å²) < 4.78 is 16.2. The molecule has 0 aromatic heterocycles. The first kappa shape index (κ1) is 23.9. The minimum atomic E-state index is -0.0674. The maximum atomic E-state index is 11.9. The molecule has 2 rings (SSSR count). The molecule has 0 spiro atoms. The van der Waals surface area contributed by atoms with E-state index in [0.717, 1.165) is 17.7 Å². The van der Waals surface area contributed by atoms with Crippen LogP contribution in [0.1, 0.15) is 35.3 Å². The molecule has 0 aliphatic rings. The molecule has 0 unspecified atom stereocenters. The second-order valence-electron chi connectivity index (χ2n) is 6.64. The van der Waals surface area contributed by atoms with E-state index < -0.39 is 0 Å².